The minimum absolute atomic E-state index is 0.129. The Kier molecular flexibility index (Phi) is 4.99. The molecule has 124 valence electrons. The first-order chi connectivity index (χ1) is 11.1. The molecule has 2 amide bonds. The molecule has 0 unspecified atom stereocenters. The van der Waals surface area contributed by atoms with Gasteiger partial charge in [-0.2, -0.15) is 0 Å². The molecular weight excluding hydrogens is 288 g/mol. The van der Waals surface area contributed by atoms with Crippen LogP contribution in [0.4, 0.5) is 11.4 Å². The zero-order valence-corrected chi connectivity index (χ0v) is 13.9. The van der Waals surface area contributed by atoms with E-state index in [0.717, 1.165) is 62.0 Å². The summed E-state index contributed by atoms with van der Waals surface area (Å²) in [5, 5.41) is 3.06. The maximum atomic E-state index is 12.4. The van der Waals surface area contributed by atoms with Crippen LogP contribution < -0.4 is 10.2 Å². The van der Waals surface area contributed by atoms with Gasteiger partial charge in [-0.1, -0.05) is 25.3 Å². The Balaban J connectivity index is 1.74. The van der Waals surface area contributed by atoms with E-state index in [1.807, 2.05) is 30.0 Å². The van der Waals surface area contributed by atoms with Gasteiger partial charge in [-0.15, -0.1) is 0 Å². The minimum Gasteiger partial charge on any atom is -0.326 e. The van der Waals surface area contributed by atoms with E-state index in [2.05, 4.69) is 5.32 Å². The van der Waals surface area contributed by atoms with Crippen molar-refractivity contribution in [1.82, 2.24) is 0 Å². The molecule has 4 nitrogen and oxygen atoms in total. The molecule has 23 heavy (non-hydrogen) atoms. The minimum atomic E-state index is 0.129. The van der Waals surface area contributed by atoms with Gasteiger partial charge in [0.1, 0.15) is 0 Å². The molecule has 0 aromatic heterocycles. The van der Waals surface area contributed by atoms with E-state index in [1.54, 1.807) is 0 Å². The third kappa shape index (κ3) is 3.74. The van der Waals surface area contributed by atoms with Crippen molar-refractivity contribution in [1.29, 1.82) is 0 Å². The van der Waals surface area contributed by atoms with Crippen molar-refractivity contribution in [3.8, 4) is 0 Å². The fourth-order valence-corrected chi connectivity index (χ4v) is 3.65. The van der Waals surface area contributed by atoms with Crippen LogP contribution in [0.1, 0.15) is 56.9 Å². The van der Waals surface area contributed by atoms with Gasteiger partial charge in [-0.3, -0.25) is 9.59 Å². The van der Waals surface area contributed by atoms with Crippen LogP contribution >= 0.6 is 0 Å². The number of aryl methyl sites for hydroxylation is 1. The van der Waals surface area contributed by atoms with Gasteiger partial charge in [0.25, 0.3) is 0 Å². The Morgan fingerprint density at radius 1 is 1.13 bits per heavy atom. The highest BCUT2D eigenvalue weighted by Gasteiger charge is 2.23. The Hall–Kier alpha value is -1.84. The SMILES string of the molecule is Cc1ccc(NC(=O)C2CCCCC2)cc1N1CCCCC1=O. The quantitative estimate of drug-likeness (QED) is 0.915. The second kappa shape index (κ2) is 7.16. The monoisotopic (exact) mass is 314 g/mol. The lowest BCUT2D eigenvalue weighted by Gasteiger charge is -2.29. The second-order valence-electron chi connectivity index (χ2n) is 6.83. The first-order valence-electron chi connectivity index (χ1n) is 8.87. The molecule has 2 fully saturated rings. The molecule has 4 heteroatoms. The first-order valence-corrected chi connectivity index (χ1v) is 8.87. The van der Waals surface area contributed by atoms with Gasteiger partial charge in [0.15, 0.2) is 0 Å². The molecule has 1 heterocycles. The molecule has 0 atom stereocenters. The van der Waals surface area contributed by atoms with Crippen LogP contribution in [-0.2, 0) is 9.59 Å². The molecule has 1 aromatic rings. The highest BCUT2D eigenvalue weighted by molar-refractivity contribution is 5.97. The van der Waals surface area contributed by atoms with Crippen LogP contribution in [0.2, 0.25) is 0 Å². The maximum absolute atomic E-state index is 12.4. The van der Waals surface area contributed by atoms with E-state index >= 15 is 0 Å². The van der Waals surface area contributed by atoms with Crippen molar-refractivity contribution < 1.29 is 9.59 Å². The van der Waals surface area contributed by atoms with E-state index in [1.165, 1.54) is 6.42 Å². The molecular formula is C19H26N2O2. The van der Waals surface area contributed by atoms with Gasteiger partial charge in [-0.05, 0) is 50.3 Å². The average Bonchev–Trinajstić information content (AvgIpc) is 2.58. The topological polar surface area (TPSA) is 49.4 Å². The van der Waals surface area contributed by atoms with Gasteiger partial charge in [0.2, 0.25) is 11.8 Å². The Bertz CT molecular complexity index is 591. The predicted octanol–water partition coefficient (Wildman–Crippen LogP) is 4.03. The van der Waals surface area contributed by atoms with Crippen molar-refractivity contribution in [3.05, 3.63) is 23.8 Å². The van der Waals surface area contributed by atoms with E-state index < -0.39 is 0 Å². The number of benzene rings is 1. The number of anilines is 2. The zero-order chi connectivity index (χ0) is 16.2. The maximum Gasteiger partial charge on any atom is 0.227 e. The average molecular weight is 314 g/mol. The zero-order valence-electron chi connectivity index (χ0n) is 13.9. The fourth-order valence-electron chi connectivity index (χ4n) is 3.65. The highest BCUT2D eigenvalue weighted by atomic mass is 16.2. The number of nitrogens with one attached hydrogen (secondary N) is 1. The van der Waals surface area contributed by atoms with Gasteiger partial charge in [-0.25, -0.2) is 0 Å². The highest BCUT2D eigenvalue weighted by Crippen LogP contribution is 2.29. The van der Waals surface area contributed by atoms with Crippen LogP contribution in [0.5, 0.6) is 0 Å². The number of hydrogen-bond donors (Lipinski definition) is 1. The van der Waals surface area contributed by atoms with E-state index in [0.29, 0.717) is 6.42 Å². The van der Waals surface area contributed by atoms with Gasteiger partial charge in [0, 0.05) is 30.3 Å². The number of piperidine rings is 1. The molecule has 0 radical (unpaired) electrons. The van der Waals surface area contributed by atoms with Crippen molar-refractivity contribution in [2.45, 2.75) is 58.3 Å². The van der Waals surface area contributed by atoms with Gasteiger partial charge in [0.05, 0.1) is 0 Å². The number of amides is 2. The third-order valence-electron chi connectivity index (χ3n) is 5.07. The summed E-state index contributed by atoms with van der Waals surface area (Å²) >= 11 is 0. The standard InChI is InChI=1S/C19H26N2O2/c1-14-10-11-16(20-19(23)15-7-3-2-4-8-15)13-17(14)21-12-6-5-9-18(21)22/h10-11,13,15H,2-9,12H2,1H3,(H,20,23). The molecule has 1 aliphatic carbocycles. The summed E-state index contributed by atoms with van der Waals surface area (Å²) in [6.07, 6.45) is 8.19. The number of hydrogen-bond acceptors (Lipinski definition) is 2. The fraction of sp³-hybridized carbons (Fsp3) is 0.579. The molecule has 1 saturated carbocycles. The van der Waals surface area contributed by atoms with Gasteiger partial charge < -0.3 is 10.2 Å². The smallest absolute Gasteiger partial charge is 0.227 e. The third-order valence-corrected chi connectivity index (χ3v) is 5.07. The Labute approximate surface area is 138 Å². The number of carbonyl (C=O) groups is 2. The lowest BCUT2D eigenvalue weighted by Crippen LogP contribution is -2.35. The Morgan fingerprint density at radius 2 is 1.91 bits per heavy atom. The number of carbonyl (C=O) groups excluding carboxylic acids is 2. The van der Waals surface area contributed by atoms with E-state index in [9.17, 15) is 9.59 Å². The molecule has 1 saturated heterocycles. The molecule has 2 aliphatic rings. The summed E-state index contributed by atoms with van der Waals surface area (Å²) in [6, 6.07) is 5.89. The molecule has 0 spiro atoms. The number of nitrogens with zero attached hydrogens (tertiary/aromatic N) is 1. The summed E-state index contributed by atoms with van der Waals surface area (Å²) in [5.74, 6) is 0.463. The Morgan fingerprint density at radius 3 is 2.65 bits per heavy atom. The molecule has 0 bridgehead atoms. The van der Waals surface area contributed by atoms with Crippen LogP contribution in [0.15, 0.2) is 18.2 Å². The van der Waals surface area contributed by atoms with Crippen molar-refractivity contribution in [2.24, 2.45) is 5.92 Å². The van der Waals surface area contributed by atoms with Crippen molar-refractivity contribution in [3.63, 3.8) is 0 Å². The van der Waals surface area contributed by atoms with Crippen molar-refractivity contribution >= 4 is 23.2 Å². The summed E-state index contributed by atoms with van der Waals surface area (Å²) in [7, 11) is 0. The van der Waals surface area contributed by atoms with Crippen LogP contribution in [0, 0.1) is 12.8 Å². The van der Waals surface area contributed by atoms with Crippen LogP contribution in [-0.4, -0.2) is 18.4 Å². The van der Waals surface area contributed by atoms with E-state index in [-0.39, 0.29) is 17.7 Å². The van der Waals surface area contributed by atoms with Gasteiger partial charge >= 0.3 is 0 Å². The lowest BCUT2D eigenvalue weighted by molar-refractivity contribution is -0.121. The predicted molar refractivity (Wildman–Crippen MR) is 92.6 cm³/mol. The summed E-state index contributed by atoms with van der Waals surface area (Å²) in [6.45, 7) is 2.80. The molecule has 3 rings (SSSR count). The summed E-state index contributed by atoms with van der Waals surface area (Å²) in [4.78, 5) is 26.4. The molecule has 1 aromatic carbocycles. The lowest BCUT2D eigenvalue weighted by atomic mass is 9.88. The van der Waals surface area contributed by atoms with Crippen LogP contribution in [0.25, 0.3) is 0 Å². The normalized spacial score (nSPS) is 19.7. The van der Waals surface area contributed by atoms with Crippen LogP contribution in [0.3, 0.4) is 0 Å². The number of rotatable bonds is 3. The summed E-state index contributed by atoms with van der Waals surface area (Å²) in [5.41, 5.74) is 2.83. The van der Waals surface area contributed by atoms with E-state index in [4.69, 9.17) is 0 Å². The largest absolute Gasteiger partial charge is 0.326 e. The van der Waals surface area contributed by atoms with Crippen molar-refractivity contribution in [2.75, 3.05) is 16.8 Å². The second-order valence-corrected chi connectivity index (χ2v) is 6.83. The summed E-state index contributed by atoms with van der Waals surface area (Å²) < 4.78 is 0. The first kappa shape index (κ1) is 16.0. The molecule has 1 N–H and O–H groups in total. The molecule has 1 aliphatic heterocycles.